The van der Waals surface area contributed by atoms with E-state index in [0.29, 0.717) is 18.8 Å². The quantitative estimate of drug-likeness (QED) is 0.863. The topological polar surface area (TPSA) is 75.7 Å². The van der Waals surface area contributed by atoms with E-state index in [4.69, 9.17) is 4.74 Å². The Hall–Kier alpha value is -1.60. The Morgan fingerprint density at radius 1 is 1.39 bits per heavy atom. The van der Waals surface area contributed by atoms with E-state index in [1.54, 1.807) is 24.0 Å². The van der Waals surface area contributed by atoms with Crippen LogP contribution in [0.3, 0.4) is 0 Å². The van der Waals surface area contributed by atoms with Crippen molar-refractivity contribution in [2.45, 2.75) is 24.8 Å². The average molecular weight is 340 g/mol. The van der Waals surface area contributed by atoms with Crippen molar-refractivity contribution >= 4 is 15.7 Å². The number of carbonyl (C=O) groups excluding carboxylic acids is 1. The normalized spacial score (nSPS) is 20.1. The molecule has 1 aliphatic heterocycles. The molecule has 7 heteroatoms. The van der Waals surface area contributed by atoms with Crippen LogP contribution in [0.2, 0.25) is 0 Å². The Morgan fingerprint density at radius 3 is 2.61 bits per heavy atom. The molecule has 0 bridgehead atoms. The first-order chi connectivity index (χ1) is 10.8. The number of ether oxygens (including phenoxy) is 1. The molecular weight excluding hydrogens is 316 g/mol. The molecule has 1 heterocycles. The zero-order chi connectivity index (χ0) is 17.0. The average Bonchev–Trinajstić information content (AvgIpc) is 2.53. The van der Waals surface area contributed by atoms with Crippen molar-refractivity contribution in [3.05, 3.63) is 24.3 Å². The summed E-state index contributed by atoms with van der Waals surface area (Å²) in [5.41, 5.74) is 0. The third kappa shape index (κ3) is 4.45. The van der Waals surface area contributed by atoms with Gasteiger partial charge in [-0.1, -0.05) is 6.92 Å². The second-order valence-corrected chi connectivity index (χ2v) is 8.03. The number of hydrogen-bond donors (Lipinski definition) is 1. The molecule has 1 aliphatic rings. The van der Waals surface area contributed by atoms with Crippen molar-refractivity contribution in [1.82, 2.24) is 10.2 Å². The number of carbonyl (C=O) groups is 1. The highest BCUT2D eigenvalue weighted by molar-refractivity contribution is 7.91. The standard InChI is InChI=1S/C16H24N2O4S/c1-12(16(19)18-9-8-17-13(2)10-18)11-23(20,21)15-6-4-14(22-3)5-7-15/h4-7,12-13,17H,8-11H2,1-3H3. The number of methoxy groups -OCH3 is 1. The van der Waals surface area contributed by atoms with Crippen molar-refractivity contribution in [3.63, 3.8) is 0 Å². The Labute approximate surface area is 137 Å². The Bertz CT molecular complexity index is 643. The van der Waals surface area contributed by atoms with E-state index in [0.717, 1.165) is 6.54 Å². The molecule has 128 valence electrons. The zero-order valence-electron chi connectivity index (χ0n) is 13.8. The fourth-order valence-corrected chi connectivity index (χ4v) is 4.27. The lowest BCUT2D eigenvalue weighted by Crippen LogP contribution is -2.53. The molecule has 23 heavy (non-hydrogen) atoms. The minimum atomic E-state index is -3.50. The number of piperazine rings is 1. The van der Waals surface area contributed by atoms with E-state index in [1.807, 2.05) is 6.92 Å². The summed E-state index contributed by atoms with van der Waals surface area (Å²) in [6, 6.07) is 6.48. The van der Waals surface area contributed by atoms with Crippen molar-refractivity contribution in [2.75, 3.05) is 32.5 Å². The van der Waals surface area contributed by atoms with E-state index >= 15 is 0 Å². The lowest BCUT2D eigenvalue weighted by Gasteiger charge is -2.33. The number of hydrogen-bond acceptors (Lipinski definition) is 5. The molecule has 1 aromatic carbocycles. The molecule has 2 unspecified atom stereocenters. The van der Waals surface area contributed by atoms with Gasteiger partial charge < -0.3 is 15.0 Å². The maximum Gasteiger partial charge on any atom is 0.226 e. The predicted molar refractivity (Wildman–Crippen MR) is 88.3 cm³/mol. The number of rotatable bonds is 5. The van der Waals surface area contributed by atoms with E-state index in [9.17, 15) is 13.2 Å². The molecule has 2 atom stereocenters. The molecule has 6 nitrogen and oxygen atoms in total. The lowest BCUT2D eigenvalue weighted by atomic mass is 10.1. The molecule has 2 rings (SSSR count). The number of sulfone groups is 1. The largest absolute Gasteiger partial charge is 0.497 e. The van der Waals surface area contributed by atoms with Crippen LogP contribution in [0, 0.1) is 5.92 Å². The fraction of sp³-hybridized carbons (Fsp3) is 0.562. The molecule has 1 aromatic rings. The summed E-state index contributed by atoms with van der Waals surface area (Å²) >= 11 is 0. The Balaban J connectivity index is 2.04. The molecule has 0 aliphatic carbocycles. The monoisotopic (exact) mass is 340 g/mol. The van der Waals surface area contributed by atoms with Gasteiger partial charge in [0.05, 0.1) is 17.8 Å². The summed E-state index contributed by atoms with van der Waals surface area (Å²) in [5.74, 6) is -0.248. The van der Waals surface area contributed by atoms with Gasteiger partial charge in [0.15, 0.2) is 9.84 Å². The molecular formula is C16H24N2O4S. The summed E-state index contributed by atoms with van der Waals surface area (Å²) in [6.45, 7) is 5.67. The van der Waals surface area contributed by atoms with E-state index in [2.05, 4.69) is 5.32 Å². The summed E-state index contributed by atoms with van der Waals surface area (Å²) in [4.78, 5) is 14.4. The van der Waals surface area contributed by atoms with E-state index < -0.39 is 15.8 Å². The minimum Gasteiger partial charge on any atom is -0.497 e. The zero-order valence-corrected chi connectivity index (χ0v) is 14.6. The predicted octanol–water partition coefficient (Wildman–Crippen LogP) is 0.925. The Kier molecular flexibility index (Phi) is 5.64. The van der Waals surface area contributed by atoms with Crippen molar-refractivity contribution in [3.8, 4) is 5.75 Å². The van der Waals surface area contributed by atoms with Gasteiger partial charge in [0, 0.05) is 31.6 Å². The van der Waals surface area contributed by atoms with Crippen LogP contribution < -0.4 is 10.1 Å². The van der Waals surface area contributed by atoms with Gasteiger partial charge in [-0.25, -0.2) is 8.42 Å². The van der Waals surface area contributed by atoms with Gasteiger partial charge in [0.2, 0.25) is 5.91 Å². The third-order valence-electron chi connectivity index (χ3n) is 3.99. The molecule has 0 saturated carbocycles. The molecule has 0 spiro atoms. The van der Waals surface area contributed by atoms with Gasteiger partial charge in [0.1, 0.15) is 5.75 Å². The van der Waals surface area contributed by atoms with Crippen molar-refractivity contribution in [1.29, 1.82) is 0 Å². The molecule has 1 saturated heterocycles. The molecule has 1 fully saturated rings. The van der Waals surface area contributed by atoms with Crippen LogP contribution in [0.5, 0.6) is 5.75 Å². The highest BCUT2D eigenvalue weighted by Gasteiger charge is 2.28. The van der Waals surface area contributed by atoms with Gasteiger partial charge in [-0.3, -0.25) is 4.79 Å². The van der Waals surface area contributed by atoms with Crippen molar-refractivity contribution < 1.29 is 17.9 Å². The van der Waals surface area contributed by atoms with Crippen LogP contribution >= 0.6 is 0 Å². The first-order valence-corrected chi connectivity index (χ1v) is 9.37. The smallest absolute Gasteiger partial charge is 0.226 e. The summed E-state index contributed by atoms with van der Waals surface area (Å²) < 4.78 is 30.0. The van der Waals surface area contributed by atoms with Gasteiger partial charge in [-0.05, 0) is 31.2 Å². The molecule has 1 N–H and O–H groups in total. The fourth-order valence-electron chi connectivity index (χ4n) is 2.72. The highest BCUT2D eigenvalue weighted by atomic mass is 32.2. The third-order valence-corrected chi connectivity index (χ3v) is 5.92. The van der Waals surface area contributed by atoms with E-state index in [1.165, 1.54) is 19.2 Å². The van der Waals surface area contributed by atoms with Gasteiger partial charge in [0.25, 0.3) is 0 Å². The van der Waals surface area contributed by atoms with Crippen LogP contribution in [-0.2, 0) is 14.6 Å². The van der Waals surface area contributed by atoms with Crippen molar-refractivity contribution in [2.24, 2.45) is 5.92 Å². The molecule has 1 amide bonds. The second-order valence-electron chi connectivity index (χ2n) is 6.00. The van der Waals surface area contributed by atoms with Crippen LogP contribution in [0.15, 0.2) is 29.2 Å². The second kappa shape index (κ2) is 7.31. The Morgan fingerprint density at radius 2 is 2.04 bits per heavy atom. The van der Waals surface area contributed by atoms with Crippen LogP contribution in [-0.4, -0.2) is 57.8 Å². The van der Waals surface area contributed by atoms with Gasteiger partial charge in [-0.2, -0.15) is 0 Å². The summed E-state index contributed by atoms with van der Waals surface area (Å²) in [6.07, 6.45) is 0. The summed E-state index contributed by atoms with van der Waals surface area (Å²) in [5, 5.41) is 3.27. The number of benzene rings is 1. The van der Waals surface area contributed by atoms with Crippen LogP contribution in [0.4, 0.5) is 0 Å². The molecule has 0 radical (unpaired) electrons. The lowest BCUT2D eigenvalue weighted by molar-refractivity contribution is -0.135. The van der Waals surface area contributed by atoms with Gasteiger partial charge in [-0.15, -0.1) is 0 Å². The van der Waals surface area contributed by atoms with E-state index in [-0.39, 0.29) is 22.6 Å². The number of nitrogens with zero attached hydrogens (tertiary/aromatic N) is 1. The minimum absolute atomic E-state index is 0.101. The number of nitrogens with one attached hydrogen (secondary N) is 1. The van der Waals surface area contributed by atoms with Crippen LogP contribution in [0.1, 0.15) is 13.8 Å². The maximum atomic E-state index is 12.5. The SMILES string of the molecule is COc1ccc(S(=O)(=O)CC(C)C(=O)N2CCNC(C)C2)cc1. The van der Waals surface area contributed by atoms with Gasteiger partial charge >= 0.3 is 0 Å². The maximum absolute atomic E-state index is 12.5. The highest BCUT2D eigenvalue weighted by Crippen LogP contribution is 2.19. The molecule has 0 aromatic heterocycles. The summed E-state index contributed by atoms with van der Waals surface area (Å²) in [7, 11) is -1.97. The van der Waals surface area contributed by atoms with Crippen LogP contribution in [0.25, 0.3) is 0 Å². The first-order valence-electron chi connectivity index (χ1n) is 7.72. The number of amides is 1. The first kappa shape index (κ1) is 17.7.